The summed E-state index contributed by atoms with van der Waals surface area (Å²) >= 11 is 0. The lowest BCUT2D eigenvalue weighted by atomic mass is 9.94. The van der Waals surface area contributed by atoms with Gasteiger partial charge in [-0.25, -0.2) is 4.79 Å². The number of aryl methyl sites for hydroxylation is 1. The Labute approximate surface area is 227 Å². The van der Waals surface area contributed by atoms with Crippen molar-refractivity contribution in [3.05, 3.63) is 94.6 Å². The molecular formula is C31H31NO7. The van der Waals surface area contributed by atoms with Crippen molar-refractivity contribution < 1.29 is 33.7 Å². The lowest BCUT2D eigenvalue weighted by Gasteiger charge is -2.26. The van der Waals surface area contributed by atoms with Gasteiger partial charge in [0.25, 0.3) is 11.7 Å². The molecule has 4 rings (SSSR count). The van der Waals surface area contributed by atoms with Crippen molar-refractivity contribution in [3.63, 3.8) is 0 Å². The lowest BCUT2D eigenvalue weighted by Crippen LogP contribution is -2.29. The molecule has 1 unspecified atom stereocenters. The highest BCUT2D eigenvalue weighted by molar-refractivity contribution is 6.51. The summed E-state index contributed by atoms with van der Waals surface area (Å²) in [6, 6.07) is 17.3. The number of benzene rings is 3. The van der Waals surface area contributed by atoms with Gasteiger partial charge in [-0.3, -0.25) is 14.5 Å². The van der Waals surface area contributed by atoms with Crippen molar-refractivity contribution in [2.24, 2.45) is 5.92 Å². The van der Waals surface area contributed by atoms with E-state index in [1.54, 1.807) is 54.6 Å². The van der Waals surface area contributed by atoms with E-state index in [1.807, 2.05) is 6.92 Å². The molecule has 39 heavy (non-hydrogen) atoms. The normalized spacial score (nSPS) is 16.5. The Balaban J connectivity index is 1.87. The van der Waals surface area contributed by atoms with E-state index in [1.165, 1.54) is 31.3 Å². The minimum absolute atomic E-state index is 0.0724. The number of hydrogen-bond acceptors (Lipinski definition) is 7. The minimum atomic E-state index is -0.984. The maximum absolute atomic E-state index is 13.5. The fraction of sp³-hybridized carbons (Fsp3) is 0.258. The number of hydrogen-bond donors (Lipinski definition) is 1. The van der Waals surface area contributed by atoms with E-state index in [4.69, 9.17) is 14.2 Å². The van der Waals surface area contributed by atoms with Gasteiger partial charge in [-0.2, -0.15) is 0 Å². The number of anilines is 1. The van der Waals surface area contributed by atoms with Crippen molar-refractivity contribution in [1.82, 2.24) is 0 Å². The first-order chi connectivity index (χ1) is 18.7. The van der Waals surface area contributed by atoms with E-state index >= 15 is 0 Å². The van der Waals surface area contributed by atoms with E-state index in [-0.39, 0.29) is 11.3 Å². The van der Waals surface area contributed by atoms with Crippen LogP contribution in [0.25, 0.3) is 5.76 Å². The third-order valence-electron chi connectivity index (χ3n) is 6.47. The summed E-state index contributed by atoms with van der Waals surface area (Å²) in [6.07, 6.45) is 0. The van der Waals surface area contributed by atoms with Gasteiger partial charge >= 0.3 is 5.97 Å². The molecule has 0 saturated carbocycles. The summed E-state index contributed by atoms with van der Waals surface area (Å²) in [5.41, 5.74) is 2.27. The second-order valence-corrected chi connectivity index (χ2v) is 9.63. The highest BCUT2D eigenvalue weighted by Gasteiger charge is 2.48. The number of carbonyl (C=O) groups is 3. The minimum Gasteiger partial charge on any atom is -0.507 e. The van der Waals surface area contributed by atoms with E-state index in [0.717, 1.165) is 5.56 Å². The van der Waals surface area contributed by atoms with Crippen LogP contribution in [0.5, 0.6) is 11.5 Å². The zero-order chi connectivity index (χ0) is 28.3. The molecular weight excluding hydrogens is 498 g/mol. The number of Topliss-reactive ketones (excluding diaryl/α,β-unsaturated/α-hetero) is 1. The third-order valence-corrected chi connectivity index (χ3v) is 6.47. The molecule has 1 heterocycles. The number of amides is 1. The molecule has 202 valence electrons. The number of para-hydroxylation sites is 1. The van der Waals surface area contributed by atoms with Crippen molar-refractivity contribution in [2.75, 3.05) is 25.7 Å². The number of aliphatic hydroxyl groups is 1. The van der Waals surface area contributed by atoms with Crippen LogP contribution in [0.3, 0.4) is 0 Å². The molecule has 1 fully saturated rings. The van der Waals surface area contributed by atoms with Crippen LogP contribution in [-0.2, 0) is 14.3 Å². The van der Waals surface area contributed by atoms with Gasteiger partial charge in [0, 0.05) is 16.8 Å². The van der Waals surface area contributed by atoms with Gasteiger partial charge in [0.05, 0.1) is 38.0 Å². The molecule has 1 saturated heterocycles. The van der Waals surface area contributed by atoms with Gasteiger partial charge in [0.15, 0.2) is 0 Å². The third kappa shape index (κ3) is 5.36. The summed E-state index contributed by atoms with van der Waals surface area (Å²) in [4.78, 5) is 40.2. The van der Waals surface area contributed by atoms with Crippen molar-refractivity contribution in [2.45, 2.75) is 26.8 Å². The topological polar surface area (TPSA) is 102 Å². The number of aliphatic hydroxyl groups excluding tert-OH is 1. The Kier molecular flexibility index (Phi) is 8.04. The molecule has 1 atom stereocenters. The molecule has 0 bridgehead atoms. The molecule has 0 spiro atoms. The zero-order valence-electron chi connectivity index (χ0n) is 22.6. The molecule has 8 heteroatoms. The predicted octanol–water partition coefficient (Wildman–Crippen LogP) is 5.45. The van der Waals surface area contributed by atoms with Crippen LogP contribution in [0, 0.1) is 12.8 Å². The van der Waals surface area contributed by atoms with E-state index in [2.05, 4.69) is 13.8 Å². The van der Waals surface area contributed by atoms with E-state index < -0.39 is 23.7 Å². The van der Waals surface area contributed by atoms with E-state index in [9.17, 15) is 19.5 Å². The fourth-order valence-electron chi connectivity index (χ4n) is 4.53. The molecule has 0 radical (unpaired) electrons. The quantitative estimate of drug-likeness (QED) is 0.179. The Morgan fingerprint density at radius 2 is 1.62 bits per heavy atom. The molecule has 3 aromatic carbocycles. The summed E-state index contributed by atoms with van der Waals surface area (Å²) in [6.45, 7) is 6.50. The lowest BCUT2D eigenvalue weighted by molar-refractivity contribution is -0.132. The fourth-order valence-corrected chi connectivity index (χ4v) is 4.53. The van der Waals surface area contributed by atoms with Crippen LogP contribution in [-0.4, -0.2) is 43.6 Å². The van der Waals surface area contributed by atoms with Crippen LogP contribution in [0.4, 0.5) is 5.69 Å². The van der Waals surface area contributed by atoms with Gasteiger partial charge in [0.1, 0.15) is 17.3 Å². The van der Waals surface area contributed by atoms with Crippen LogP contribution in [0.15, 0.2) is 72.3 Å². The molecule has 1 aliphatic heterocycles. The average Bonchev–Trinajstić information content (AvgIpc) is 3.21. The van der Waals surface area contributed by atoms with Gasteiger partial charge in [-0.1, -0.05) is 32.0 Å². The van der Waals surface area contributed by atoms with Crippen molar-refractivity contribution >= 4 is 29.1 Å². The van der Waals surface area contributed by atoms with Crippen molar-refractivity contribution in [3.8, 4) is 11.5 Å². The zero-order valence-corrected chi connectivity index (χ0v) is 22.6. The van der Waals surface area contributed by atoms with Crippen molar-refractivity contribution in [1.29, 1.82) is 0 Å². The number of rotatable bonds is 8. The molecule has 3 aromatic rings. The first-order valence-electron chi connectivity index (χ1n) is 12.5. The molecule has 1 N–H and O–H groups in total. The maximum Gasteiger partial charge on any atom is 0.337 e. The van der Waals surface area contributed by atoms with Gasteiger partial charge < -0.3 is 19.3 Å². The first-order valence-corrected chi connectivity index (χ1v) is 12.5. The smallest absolute Gasteiger partial charge is 0.337 e. The molecule has 1 aliphatic rings. The first kappa shape index (κ1) is 27.4. The maximum atomic E-state index is 13.5. The van der Waals surface area contributed by atoms with E-state index in [0.29, 0.717) is 46.4 Å². The van der Waals surface area contributed by atoms with Crippen LogP contribution < -0.4 is 14.4 Å². The van der Waals surface area contributed by atoms with Crippen LogP contribution in [0.2, 0.25) is 0 Å². The van der Waals surface area contributed by atoms with Gasteiger partial charge in [0.2, 0.25) is 0 Å². The molecule has 1 amide bonds. The van der Waals surface area contributed by atoms with Crippen LogP contribution in [0.1, 0.15) is 46.9 Å². The average molecular weight is 530 g/mol. The summed E-state index contributed by atoms with van der Waals surface area (Å²) in [5.74, 6) is -1.02. The monoisotopic (exact) mass is 529 g/mol. The molecule has 8 nitrogen and oxygen atoms in total. The number of nitrogens with zero attached hydrogens (tertiary/aromatic N) is 1. The molecule has 0 aromatic heterocycles. The SMILES string of the molecule is COC(=O)c1ccc(N2C(=O)C(=O)/C(=C(/O)c3ccc(OCC(C)C)c(C)c3)C2c2ccccc2OC)cc1. The number of carbonyl (C=O) groups excluding carboxylic acids is 3. The highest BCUT2D eigenvalue weighted by atomic mass is 16.5. The largest absolute Gasteiger partial charge is 0.507 e. The Bertz CT molecular complexity index is 1440. The van der Waals surface area contributed by atoms with Gasteiger partial charge in [-0.15, -0.1) is 0 Å². The summed E-state index contributed by atoms with van der Waals surface area (Å²) in [5, 5.41) is 11.5. The number of ether oxygens (including phenoxy) is 3. The second-order valence-electron chi connectivity index (χ2n) is 9.63. The second kappa shape index (κ2) is 11.4. The Morgan fingerprint density at radius 3 is 2.23 bits per heavy atom. The summed E-state index contributed by atoms with van der Waals surface area (Å²) in [7, 11) is 2.77. The van der Waals surface area contributed by atoms with Crippen LogP contribution >= 0.6 is 0 Å². The highest BCUT2D eigenvalue weighted by Crippen LogP contribution is 2.45. The number of methoxy groups -OCH3 is 2. The Hall–Kier alpha value is -4.59. The van der Waals surface area contributed by atoms with Gasteiger partial charge in [-0.05, 0) is 66.9 Å². The number of ketones is 1. The predicted molar refractivity (Wildman–Crippen MR) is 147 cm³/mol. The summed E-state index contributed by atoms with van der Waals surface area (Å²) < 4.78 is 16.2. The number of esters is 1. The Morgan fingerprint density at radius 1 is 0.949 bits per heavy atom. The molecule has 0 aliphatic carbocycles. The standard InChI is InChI=1S/C31H31NO7/c1-18(2)17-39-24-15-12-21(16-19(24)3)28(33)26-27(23-8-6-7-9-25(23)37-4)32(30(35)29(26)34)22-13-10-20(11-14-22)31(36)38-5/h6-16,18,27,33H,17H2,1-5H3/b28-26+.